The summed E-state index contributed by atoms with van der Waals surface area (Å²) < 4.78 is 45.2. The van der Waals surface area contributed by atoms with E-state index in [0.29, 0.717) is 24.9 Å². The van der Waals surface area contributed by atoms with Crippen molar-refractivity contribution in [2.75, 3.05) is 6.61 Å². The van der Waals surface area contributed by atoms with Crippen molar-refractivity contribution < 1.29 is 17.9 Å². The molecule has 0 aliphatic rings. The van der Waals surface area contributed by atoms with Crippen molar-refractivity contribution in [3.8, 4) is 0 Å². The zero-order valence-electron chi connectivity index (χ0n) is 19.5. The number of aryl methyl sites for hydroxylation is 2. The second-order valence-electron chi connectivity index (χ2n) is 8.03. The van der Waals surface area contributed by atoms with Crippen molar-refractivity contribution in [3.05, 3.63) is 78.2 Å². The SMILES string of the molecule is CC(C)OCCCn1ccnc1.Cc1ccsc1B(CCC=CC(F)(F)F)c1ccccc1. The minimum atomic E-state index is -4.22. The number of alkyl halides is 3. The lowest BCUT2D eigenvalue weighted by Crippen LogP contribution is -2.41. The zero-order chi connectivity index (χ0) is 24.1. The highest BCUT2D eigenvalue weighted by Crippen LogP contribution is 2.17. The molecule has 3 aromatic rings. The molecular formula is C25H32BF3N2OS. The Morgan fingerprint density at radius 1 is 1.18 bits per heavy atom. The normalized spacial score (nSPS) is 11.6. The highest BCUT2D eigenvalue weighted by atomic mass is 32.1. The Balaban J connectivity index is 0.000000273. The van der Waals surface area contributed by atoms with Gasteiger partial charge in [0.2, 0.25) is 6.71 Å². The lowest BCUT2D eigenvalue weighted by atomic mass is 9.41. The number of imidazole rings is 1. The number of rotatable bonds is 10. The van der Waals surface area contributed by atoms with Gasteiger partial charge in [0.05, 0.1) is 12.4 Å². The van der Waals surface area contributed by atoms with E-state index in [9.17, 15) is 13.2 Å². The van der Waals surface area contributed by atoms with Crippen LogP contribution in [0.3, 0.4) is 0 Å². The molecule has 0 N–H and O–H groups in total. The third kappa shape index (κ3) is 10.9. The molecule has 0 bridgehead atoms. The second kappa shape index (κ2) is 14.1. The number of aromatic nitrogens is 2. The van der Waals surface area contributed by atoms with Crippen LogP contribution in [-0.4, -0.2) is 35.2 Å². The number of thiophene rings is 1. The van der Waals surface area contributed by atoms with E-state index in [2.05, 4.69) is 29.5 Å². The van der Waals surface area contributed by atoms with Crippen LogP contribution in [0.25, 0.3) is 0 Å². The molecule has 3 rings (SSSR count). The van der Waals surface area contributed by atoms with Crippen LogP contribution in [0.5, 0.6) is 0 Å². The van der Waals surface area contributed by atoms with Crippen LogP contribution >= 0.6 is 11.3 Å². The Labute approximate surface area is 199 Å². The van der Waals surface area contributed by atoms with Crippen LogP contribution in [0.2, 0.25) is 6.32 Å². The van der Waals surface area contributed by atoms with Gasteiger partial charge in [-0.15, -0.1) is 0 Å². The van der Waals surface area contributed by atoms with Crippen molar-refractivity contribution in [2.24, 2.45) is 0 Å². The van der Waals surface area contributed by atoms with E-state index in [0.717, 1.165) is 25.0 Å². The van der Waals surface area contributed by atoms with Gasteiger partial charge >= 0.3 is 6.18 Å². The summed E-state index contributed by atoms with van der Waals surface area (Å²) in [5.41, 5.74) is 2.36. The number of allylic oxidation sites excluding steroid dienone is 2. The van der Waals surface area contributed by atoms with E-state index < -0.39 is 6.18 Å². The van der Waals surface area contributed by atoms with E-state index in [4.69, 9.17) is 4.74 Å². The summed E-state index contributed by atoms with van der Waals surface area (Å²) in [6.07, 6.45) is 5.40. The molecule has 2 aromatic heterocycles. The lowest BCUT2D eigenvalue weighted by Gasteiger charge is -2.13. The summed E-state index contributed by atoms with van der Waals surface area (Å²) in [6, 6.07) is 12.0. The fourth-order valence-electron chi connectivity index (χ4n) is 3.34. The van der Waals surface area contributed by atoms with Crippen molar-refractivity contribution in [1.82, 2.24) is 9.55 Å². The largest absolute Gasteiger partial charge is 0.409 e. The molecule has 8 heteroatoms. The summed E-state index contributed by atoms with van der Waals surface area (Å²) in [5.74, 6) is 0. The number of hydrogen-bond acceptors (Lipinski definition) is 3. The average molecular weight is 476 g/mol. The highest BCUT2D eigenvalue weighted by molar-refractivity contribution is 7.24. The molecule has 1 aromatic carbocycles. The van der Waals surface area contributed by atoms with Gasteiger partial charge in [-0.1, -0.05) is 48.2 Å². The lowest BCUT2D eigenvalue weighted by molar-refractivity contribution is -0.0800. The van der Waals surface area contributed by atoms with Crippen molar-refractivity contribution >= 4 is 28.3 Å². The first-order chi connectivity index (χ1) is 15.8. The minimum Gasteiger partial charge on any atom is -0.379 e. The van der Waals surface area contributed by atoms with Crippen LogP contribution in [0.1, 0.15) is 32.3 Å². The predicted octanol–water partition coefficient (Wildman–Crippen LogP) is 5.87. The van der Waals surface area contributed by atoms with Gasteiger partial charge in [-0.05, 0) is 55.4 Å². The molecular weight excluding hydrogens is 444 g/mol. The van der Waals surface area contributed by atoms with Gasteiger partial charge in [-0.2, -0.15) is 24.5 Å². The van der Waals surface area contributed by atoms with Crippen LogP contribution in [0.4, 0.5) is 13.2 Å². The summed E-state index contributed by atoms with van der Waals surface area (Å²) >= 11 is 1.67. The van der Waals surface area contributed by atoms with Crippen LogP contribution in [0, 0.1) is 6.92 Å². The van der Waals surface area contributed by atoms with Crippen molar-refractivity contribution in [2.45, 2.75) is 58.8 Å². The van der Waals surface area contributed by atoms with Gasteiger partial charge in [0, 0.05) is 31.6 Å². The first-order valence-electron chi connectivity index (χ1n) is 11.2. The molecule has 0 fully saturated rings. The second-order valence-corrected chi connectivity index (χ2v) is 8.97. The van der Waals surface area contributed by atoms with Crippen LogP contribution in [0.15, 0.2) is 72.7 Å². The third-order valence-electron chi connectivity index (χ3n) is 4.92. The van der Waals surface area contributed by atoms with E-state index in [1.165, 1.54) is 16.4 Å². The Morgan fingerprint density at radius 3 is 2.52 bits per heavy atom. The highest BCUT2D eigenvalue weighted by Gasteiger charge is 2.23. The fourth-order valence-corrected chi connectivity index (χ4v) is 4.43. The van der Waals surface area contributed by atoms with Gasteiger partial charge in [0.25, 0.3) is 0 Å². The van der Waals surface area contributed by atoms with Gasteiger partial charge in [0.1, 0.15) is 0 Å². The molecule has 0 spiro atoms. The smallest absolute Gasteiger partial charge is 0.379 e. The first kappa shape index (κ1) is 26.9. The topological polar surface area (TPSA) is 27.1 Å². The molecule has 0 aliphatic carbocycles. The van der Waals surface area contributed by atoms with Crippen LogP contribution in [-0.2, 0) is 11.3 Å². The van der Waals surface area contributed by atoms with E-state index in [1.807, 2.05) is 55.2 Å². The number of nitrogens with zero attached hydrogens (tertiary/aromatic N) is 2. The monoisotopic (exact) mass is 476 g/mol. The Hall–Kier alpha value is -2.32. The molecule has 0 amide bonds. The maximum atomic E-state index is 12.2. The summed E-state index contributed by atoms with van der Waals surface area (Å²) in [6.45, 7) is 8.13. The number of ether oxygens (including phenoxy) is 1. The molecule has 33 heavy (non-hydrogen) atoms. The average Bonchev–Trinajstić information content (AvgIpc) is 3.43. The zero-order valence-corrected chi connectivity index (χ0v) is 20.3. The van der Waals surface area contributed by atoms with Crippen molar-refractivity contribution in [3.63, 3.8) is 0 Å². The third-order valence-corrected chi connectivity index (χ3v) is 6.05. The molecule has 0 radical (unpaired) electrons. The van der Waals surface area contributed by atoms with E-state index in [1.54, 1.807) is 17.5 Å². The molecule has 0 saturated heterocycles. The quantitative estimate of drug-likeness (QED) is 0.208. The minimum absolute atomic E-state index is 0.157. The summed E-state index contributed by atoms with van der Waals surface area (Å²) in [5, 5.41) is 2.03. The Bertz CT molecular complexity index is 925. The standard InChI is InChI=1S/C16H16BF3S.C9H16N2O/c1-13-9-12-21-15(13)17(14-7-3-2-4-8-14)11-6-5-10-16(18,19)20;1-9(2)12-7-3-5-11-6-4-10-8-11/h2-5,7-10,12H,6,11H2,1H3;4,6,8-9H,3,5,7H2,1-2H3. The first-order valence-corrected chi connectivity index (χ1v) is 12.0. The molecule has 0 saturated carbocycles. The predicted molar refractivity (Wildman–Crippen MR) is 133 cm³/mol. The molecule has 3 nitrogen and oxygen atoms in total. The van der Waals surface area contributed by atoms with Gasteiger partial charge in [-0.3, -0.25) is 0 Å². The van der Waals surface area contributed by atoms with Gasteiger partial charge in [-0.25, -0.2) is 4.98 Å². The summed E-state index contributed by atoms with van der Waals surface area (Å²) in [7, 11) is 0. The number of benzene rings is 1. The Morgan fingerprint density at radius 2 is 1.94 bits per heavy atom. The number of hydrogen-bond donors (Lipinski definition) is 0. The van der Waals surface area contributed by atoms with Crippen molar-refractivity contribution in [1.29, 1.82) is 0 Å². The van der Waals surface area contributed by atoms with E-state index >= 15 is 0 Å². The molecule has 0 aliphatic heterocycles. The molecule has 178 valence electrons. The van der Waals surface area contributed by atoms with Gasteiger partial charge in [0.15, 0.2) is 0 Å². The molecule has 2 heterocycles. The maximum Gasteiger partial charge on any atom is 0.409 e. The molecule has 0 atom stereocenters. The fraction of sp³-hybridized carbons (Fsp3) is 0.400. The summed E-state index contributed by atoms with van der Waals surface area (Å²) in [4.78, 5) is 3.96. The molecule has 0 unspecified atom stereocenters. The maximum absolute atomic E-state index is 12.2. The van der Waals surface area contributed by atoms with Crippen LogP contribution < -0.4 is 10.2 Å². The van der Waals surface area contributed by atoms with Gasteiger partial charge < -0.3 is 9.30 Å². The Kier molecular flexibility index (Phi) is 11.5. The number of halogens is 3. The van der Waals surface area contributed by atoms with E-state index in [-0.39, 0.29) is 6.71 Å².